The van der Waals surface area contributed by atoms with E-state index in [0.29, 0.717) is 29.5 Å². The second-order valence-corrected chi connectivity index (χ2v) is 4.35. The van der Waals surface area contributed by atoms with Crippen LogP contribution in [0.4, 0.5) is 0 Å². The van der Waals surface area contributed by atoms with Crippen LogP contribution in [0.15, 0.2) is 42.7 Å². The molecular formula is C14H13ClN2O3. The van der Waals surface area contributed by atoms with Gasteiger partial charge in [0.05, 0.1) is 11.6 Å². The van der Waals surface area contributed by atoms with Crippen molar-refractivity contribution in [2.45, 2.75) is 6.54 Å². The smallest absolute Gasteiger partial charge is 0.328 e. The number of carboxylic acids is 1. The molecule has 5 nitrogen and oxygen atoms in total. The van der Waals surface area contributed by atoms with Gasteiger partial charge in [0.1, 0.15) is 12.4 Å². The third-order valence-electron chi connectivity index (χ3n) is 2.53. The fourth-order valence-corrected chi connectivity index (χ4v) is 1.88. The van der Waals surface area contributed by atoms with E-state index in [1.165, 1.54) is 6.08 Å². The lowest BCUT2D eigenvalue weighted by molar-refractivity contribution is -0.131. The Kier molecular flexibility index (Phi) is 4.79. The molecule has 0 amide bonds. The first kappa shape index (κ1) is 14.1. The zero-order valence-electron chi connectivity index (χ0n) is 10.6. The molecule has 0 unspecified atom stereocenters. The second kappa shape index (κ2) is 6.77. The average molecular weight is 293 g/mol. The van der Waals surface area contributed by atoms with Gasteiger partial charge in [-0.25, -0.2) is 4.79 Å². The van der Waals surface area contributed by atoms with Gasteiger partial charge in [0.2, 0.25) is 0 Å². The number of aliphatic carboxylic acids is 1. The standard InChI is InChI=1S/C14H13ClN2O3/c15-12-4-1-3-11(5-6-13(18)19)14(12)20-10-9-17-8-2-7-16-17/h1-8H,9-10H2,(H,18,19)/b6-5+. The Labute approximate surface area is 121 Å². The van der Waals surface area contributed by atoms with Gasteiger partial charge in [0.15, 0.2) is 0 Å². The van der Waals surface area contributed by atoms with Crippen LogP contribution in [0.3, 0.4) is 0 Å². The van der Waals surface area contributed by atoms with Gasteiger partial charge in [0, 0.05) is 24.0 Å². The van der Waals surface area contributed by atoms with Gasteiger partial charge < -0.3 is 9.84 Å². The van der Waals surface area contributed by atoms with Crippen LogP contribution in [0.25, 0.3) is 6.08 Å². The minimum Gasteiger partial charge on any atom is -0.489 e. The predicted molar refractivity (Wildman–Crippen MR) is 75.8 cm³/mol. The Morgan fingerprint density at radius 2 is 2.30 bits per heavy atom. The maximum absolute atomic E-state index is 10.6. The molecule has 0 bridgehead atoms. The van der Waals surface area contributed by atoms with Crippen LogP contribution in [0, 0.1) is 0 Å². The van der Waals surface area contributed by atoms with E-state index >= 15 is 0 Å². The number of nitrogens with zero attached hydrogens (tertiary/aromatic N) is 2. The first-order valence-electron chi connectivity index (χ1n) is 5.96. The minimum atomic E-state index is -1.02. The van der Waals surface area contributed by atoms with Crippen LogP contribution in [-0.4, -0.2) is 27.5 Å². The fraction of sp³-hybridized carbons (Fsp3) is 0.143. The van der Waals surface area contributed by atoms with E-state index in [4.69, 9.17) is 21.4 Å². The van der Waals surface area contributed by atoms with Crippen molar-refractivity contribution in [3.05, 3.63) is 53.3 Å². The van der Waals surface area contributed by atoms with Gasteiger partial charge in [-0.05, 0) is 18.2 Å². The number of hydrogen-bond donors (Lipinski definition) is 1. The van der Waals surface area contributed by atoms with Crippen molar-refractivity contribution in [1.29, 1.82) is 0 Å². The third kappa shape index (κ3) is 3.86. The molecule has 1 heterocycles. The van der Waals surface area contributed by atoms with Gasteiger partial charge >= 0.3 is 5.97 Å². The molecular weight excluding hydrogens is 280 g/mol. The van der Waals surface area contributed by atoms with Gasteiger partial charge in [-0.3, -0.25) is 4.68 Å². The third-order valence-corrected chi connectivity index (χ3v) is 2.83. The molecule has 104 valence electrons. The number of halogens is 1. The van der Waals surface area contributed by atoms with Crippen LogP contribution in [0.5, 0.6) is 5.75 Å². The normalized spacial score (nSPS) is 10.8. The Bertz CT molecular complexity index is 609. The number of hydrogen-bond acceptors (Lipinski definition) is 3. The molecule has 2 rings (SSSR count). The lowest BCUT2D eigenvalue weighted by Gasteiger charge is -2.11. The second-order valence-electron chi connectivity index (χ2n) is 3.95. The van der Waals surface area contributed by atoms with E-state index in [0.717, 1.165) is 6.08 Å². The summed E-state index contributed by atoms with van der Waals surface area (Å²) in [6.07, 6.45) is 6.03. The maximum atomic E-state index is 10.6. The van der Waals surface area contributed by atoms with Gasteiger partial charge in [0.25, 0.3) is 0 Å². The number of carbonyl (C=O) groups is 1. The topological polar surface area (TPSA) is 64.3 Å². The molecule has 0 aliphatic rings. The van der Waals surface area contributed by atoms with Crippen molar-refractivity contribution in [3.8, 4) is 5.75 Å². The molecule has 1 aromatic heterocycles. The first-order chi connectivity index (χ1) is 9.66. The van der Waals surface area contributed by atoms with E-state index in [1.807, 2.05) is 12.3 Å². The summed E-state index contributed by atoms with van der Waals surface area (Å²) in [5.41, 5.74) is 0.625. The predicted octanol–water partition coefficient (Wildman–Crippen LogP) is 2.71. The van der Waals surface area contributed by atoms with Crippen molar-refractivity contribution in [2.24, 2.45) is 0 Å². The lowest BCUT2D eigenvalue weighted by atomic mass is 10.2. The van der Waals surface area contributed by atoms with E-state index in [9.17, 15) is 4.79 Å². The van der Waals surface area contributed by atoms with Crippen molar-refractivity contribution >= 4 is 23.6 Å². The SMILES string of the molecule is O=C(O)/C=C/c1cccc(Cl)c1OCCn1cccn1. The number of rotatable bonds is 6. The number of ether oxygens (including phenoxy) is 1. The highest BCUT2D eigenvalue weighted by Crippen LogP contribution is 2.29. The summed E-state index contributed by atoms with van der Waals surface area (Å²) in [5, 5.41) is 13.2. The Hall–Kier alpha value is -2.27. The molecule has 0 atom stereocenters. The molecule has 0 fully saturated rings. The molecule has 0 spiro atoms. The largest absolute Gasteiger partial charge is 0.489 e. The van der Waals surface area contributed by atoms with Crippen LogP contribution < -0.4 is 4.74 Å². The van der Waals surface area contributed by atoms with Crippen LogP contribution in [-0.2, 0) is 11.3 Å². The van der Waals surface area contributed by atoms with E-state index in [2.05, 4.69) is 5.10 Å². The van der Waals surface area contributed by atoms with Crippen molar-refractivity contribution in [2.75, 3.05) is 6.61 Å². The maximum Gasteiger partial charge on any atom is 0.328 e. The Balaban J connectivity index is 2.07. The van der Waals surface area contributed by atoms with Gasteiger partial charge in [-0.1, -0.05) is 23.7 Å². The quantitative estimate of drug-likeness (QED) is 0.832. The summed E-state index contributed by atoms with van der Waals surface area (Å²) in [5.74, 6) is -0.550. The average Bonchev–Trinajstić information content (AvgIpc) is 2.92. The molecule has 1 aromatic carbocycles. The molecule has 0 aliphatic heterocycles. The van der Waals surface area contributed by atoms with E-state index in [1.54, 1.807) is 29.1 Å². The number of carboxylic acid groups (broad SMARTS) is 1. The molecule has 0 saturated heterocycles. The van der Waals surface area contributed by atoms with Crippen molar-refractivity contribution < 1.29 is 14.6 Å². The fourth-order valence-electron chi connectivity index (χ4n) is 1.64. The summed E-state index contributed by atoms with van der Waals surface area (Å²) in [6, 6.07) is 7.01. The van der Waals surface area contributed by atoms with Gasteiger partial charge in [-0.15, -0.1) is 0 Å². The summed E-state index contributed by atoms with van der Waals surface area (Å²) in [6.45, 7) is 0.972. The lowest BCUT2D eigenvalue weighted by Crippen LogP contribution is -2.09. The molecule has 6 heteroatoms. The van der Waals surface area contributed by atoms with Crippen LogP contribution >= 0.6 is 11.6 Å². The molecule has 20 heavy (non-hydrogen) atoms. The minimum absolute atomic E-state index is 0.388. The van der Waals surface area contributed by atoms with E-state index < -0.39 is 5.97 Å². The van der Waals surface area contributed by atoms with Crippen molar-refractivity contribution in [3.63, 3.8) is 0 Å². The Morgan fingerprint density at radius 3 is 3.00 bits per heavy atom. The highest BCUT2D eigenvalue weighted by molar-refractivity contribution is 6.32. The van der Waals surface area contributed by atoms with Crippen LogP contribution in [0.1, 0.15) is 5.56 Å². The summed E-state index contributed by atoms with van der Waals surface area (Å²) < 4.78 is 7.38. The zero-order chi connectivity index (χ0) is 14.4. The number of para-hydroxylation sites is 1. The summed E-state index contributed by atoms with van der Waals surface area (Å²) in [4.78, 5) is 10.6. The Morgan fingerprint density at radius 1 is 1.45 bits per heavy atom. The first-order valence-corrected chi connectivity index (χ1v) is 6.34. The highest BCUT2D eigenvalue weighted by atomic mass is 35.5. The monoisotopic (exact) mass is 292 g/mol. The number of aromatic nitrogens is 2. The number of benzene rings is 1. The van der Waals surface area contributed by atoms with Crippen molar-refractivity contribution in [1.82, 2.24) is 9.78 Å². The van der Waals surface area contributed by atoms with Crippen LogP contribution in [0.2, 0.25) is 5.02 Å². The molecule has 0 radical (unpaired) electrons. The molecule has 0 aliphatic carbocycles. The van der Waals surface area contributed by atoms with E-state index in [-0.39, 0.29) is 0 Å². The summed E-state index contributed by atoms with van der Waals surface area (Å²) >= 11 is 6.08. The zero-order valence-corrected chi connectivity index (χ0v) is 11.3. The molecule has 2 aromatic rings. The molecule has 1 N–H and O–H groups in total. The van der Waals surface area contributed by atoms with Gasteiger partial charge in [-0.2, -0.15) is 5.10 Å². The summed E-state index contributed by atoms with van der Waals surface area (Å²) in [7, 11) is 0. The molecule has 0 saturated carbocycles. The highest BCUT2D eigenvalue weighted by Gasteiger charge is 2.06.